The smallest absolute Gasteiger partial charge is 0.367 e. The molecule has 0 spiro atoms. The van der Waals surface area contributed by atoms with Crippen LogP contribution in [0.1, 0.15) is 22.8 Å². The van der Waals surface area contributed by atoms with E-state index in [1.165, 1.54) is 0 Å². The first-order valence-electron chi connectivity index (χ1n) is 7.82. The number of carbonyl (C=O) groups is 1. The molecule has 5 nitrogen and oxygen atoms in total. The number of benzene rings is 1. The lowest BCUT2D eigenvalue weighted by atomic mass is 10.1. The summed E-state index contributed by atoms with van der Waals surface area (Å²) in [6, 6.07) is 8.14. The van der Waals surface area contributed by atoms with Crippen LogP contribution < -0.4 is 5.32 Å². The van der Waals surface area contributed by atoms with E-state index in [1.807, 2.05) is 19.2 Å². The summed E-state index contributed by atoms with van der Waals surface area (Å²) >= 11 is 0. The van der Waals surface area contributed by atoms with Crippen molar-refractivity contribution < 1.29 is 22.7 Å². The minimum Gasteiger partial charge on any atom is -0.367 e. The zero-order chi connectivity index (χ0) is 18.3. The van der Waals surface area contributed by atoms with E-state index in [0.29, 0.717) is 24.2 Å². The standard InChI is InChI=1S/C17H20F3N3O2/c1-13(10-23-8-2-7-22-23)9-21-16(24)15-5-3-14(4-6-15)11-25-12-17(18,19)20/h2-8,13H,9-12H2,1H3,(H,21,24). The van der Waals surface area contributed by atoms with E-state index in [-0.39, 0.29) is 18.4 Å². The van der Waals surface area contributed by atoms with Gasteiger partial charge in [-0.1, -0.05) is 19.1 Å². The average Bonchev–Trinajstić information content (AvgIpc) is 3.05. The Hall–Kier alpha value is -2.35. The van der Waals surface area contributed by atoms with E-state index in [0.717, 1.165) is 0 Å². The van der Waals surface area contributed by atoms with Gasteiger partial charge in [0.05, 0.1) is 6.61 Å². The lowest BCUT2D eigenvalue weighted by molar-refractivity contribution is -0.176. The summed E-state index contributed by atoms with van der Waals surface area (Å²) in [6.45, 7) is 1.76. The molecule has 0 saturated heterocycles. The quantitative estimate of drug-likeness (QED) is 0.792. The minimum atomic E-state index is -4.34. The summed E-state index contributed by atoms with van der Waals surface area (Å²) in [4.78, 5) is 12.1. The molecule has 0 radical (unpaired) electrons. The maximum atomic E-state index is 12.1. The molecule has 8 heteroatoms. The molecule has 0 aliphatic carbocycles. The van der Waals surface area contributed by atoms with Crippen molar-refractivity contribution in [2.24, 2.45) is 5.92 Å². The fourth-order valence-corrected chi connectivity index (χ4v) is 2.20. The number of nitrogens with zero attached hydrogens (tertiary/aromatic N) is 2. The molecule has 0 aliphatic rings. The highest BCUT2D eigenvalue weighted by Gasteiger charge is 2.27. The predicted molar refractivity (Wildman–Crippen MR) is 85.9 cm³/mol. The third kappa shape index (κ3) is 6.96. The first kappa shape index (κ1) is 19.0. The number of rotatable bonds is 8. The Balaban J connectivity index is 1.75. The summed E-state index contributed by atoms with van der Waals surface area (Å²) in [6.07, 6.45) is -0.782. The number of amides is 1. The van der Waals surface area contributed by atoms with Crippen LogP contribution in [0.25, 0.3) is 0 Å². The summed E-state index contributed by atoms with van der Waals surface area (Å²) in [5.74, 6) is -0.0195. The topological polar surface area (TPSA) is 56.1 Å². The van der Waals surface area contributed by atoms with Gasteiger partial charge in [0.2, 0.25) is 0 Å². The molecule has 0 bridgehead atoms. The normalized spacial score (nSPS) is 12.8. The predicted octanol–water partition coefficient (Wildman–Crippen LogP) is 3.03. The van der Waals surface area contributed by atoms with E-state index < -0.39 is 12.8 Å². The molecule has 2 aromatic rings. The minimum absolute atomic E-state index is 0.150. The zero-order valence-corrected chi connectivity index (χ0v) is 13.8. The van der Waals surface area contributed by atoms with Gasteiger partial charge in [-0.3, -0.25) is 9.48 Å². The molecular formula is C17H20F3N3O2. The molecular weight excluding hydrogens is 335 g/mol. The van der Waals surface area contributed by atoms with E-state index >= 15 is 0 Å². The van der Waals surface area contributed by atoms with Gasteiger partial charge in [0.25, 0.3) is 5.91 Å². The van der Waals surface area contributed by atoms with E-state index in [9.17, 15) is 18.0 Å². The number of alkyl halides is 3. The van der Waals surface area contributed by atoms with E-state index in [4.69, 9.17) is 0 Å². The molecule has 1 amide bonds. The Morgan fingerprint density at radius 2 is 2.04 bits per heavy atom. The number of hydrogen-bond acceptors (Lipinski definition) is 3. The van der Waals surface area contributed by atoms with Gasteiger partial charge in [-0.15, -0.1) is 0 Å². The number of hydrogen-bond donors (Lipinski definition) is 1. The summed E-state index contributed by atoms with van der Waals surface area (Å²) in [5, 5.41) is 6.95. The number of aromatic nitrogens is 2. The van der Waals surface area contributed by atoms with E-state index in [2.05, 4.69) is 15.2 Å². The van der Waals surface area contributed by atoms with Crippen LogP contribution in [0.3, 0.4) is 0 Å². The molecule has 0 saturated carbocycles. The van der Waals surface area contributed by atoms with Crippen LogP contribution in [-0.2, 0) is 17.9 Å². The van der Waals surface area contributed by atoms with Gasteiger partial charge in [0.15, 0.2) is 0 Å². The van der Waals surface area contributed by atoms with Crippen molar-refractivity contribution in [1.82, 2.24) is 15.1 Å². The summed E-state index contributed by atoms with van der Waals surface area (Å²) in [7, 11) is 0. The van der Waals surface area contributed by atoms with Gasteiger partial charge in [-0.2, -0.15) is 18.3 Å². The Bertz CT molecular complexity index is 655. The van der Waals surface area contributed by atoms with Crippen LogP contribution in [0.5, 0.6) is 0 Å². The van der Waals surface area contributed by atoms with Crippen molar-refractivity contribution in [2.75, 3.05) is 13.2 Å². The zero-order valence-electron chi connectivity index (χ0n) is 13.8. The highest BCUT2D eigenvalue weighted by molar-refractivity contribution is 5.94. The first-order chi connectivity index (χ1) is 11.8. The Kier molecular flexibility index (Phi) is 6.58. The third-order valence-electron chi connectivity index (χ3n) is 3.42. The number of nitrogens with one attached hydrogen (secondary N) is 1. The molecule has 1 unspecified atom stereocenters. The van der Waals surface area contributed by atoms with Gasteiger partial charge in [-0.25, -0.2) is 0 Å². The SMILES string of the molecule is CC(CNC(=O)c1ccc(COCC(F)(F)F)cc1)Cn1cccn1. The molecule has 0 aliphatic heterocycles. The number of halogens is 3. The molecule has 0 fully saturated rings. The monoisotopic (exact) mass is 355 g/mol. The molecule has 1 atom stereocenters. The molecule has 2 rings (SSSR count). The van der Waals surface area contributed by atoms with Crippen molar-refractivity contribution in [2.45, 2.75) is 26.3 Å². The van der Waals surface area contributed by atoms with E-state index in [1.54, 1.807) is 35.1 Å². The largest absolute Gasteiger partial charge is 0.411 e. The Morgan fingerprint density at radius 3 is 2.64 bits per heavy atom. The maximum absolute atomic E-state index is 12.1. The number of carbonyl (C=O) groups excluding carboxylic acids is 1. The lowest BCUT2D eigenvalue weighted by Gasteiger charge is -2.13. The van der Waals surface area contributed by atoms with Crippen LogP contribution in [0.4, 0.5) is 13.2 Å². The van der Waals surface area contributed by atoms with Crippen molar-refractivity contribution in [1.29, 1.82) is 0 Å². The summed E-state index contributed by atoms with van der Waals surface area (Å²) < 4.78 is 42.4. The second-order valence-electron chi connectivity index (χ2n) is 5.85. The van der Waals surface area contributed by atoms with Gasteiger partial charge < -0.3 is 10.1 Å². The molecule has 1 heterocycles. The van der Waals surface area contributed by atoms with Crippen LogP contribution in [0.2, 0.25) is 0 Å². The van der Waals surface area contributed by atoms with Crippen molar-refractivity contribution in [3.63, 3.8) is 0 Å². The van der Waals surface area contributed by atoms with Crippen LogP contribution >= 0.6 is 0 Å². The molecule has 1 aromatic carbocycles. The highest BCUT2D eigenvalue weighted by atomic mass is 19.4. The van der Waals surface area contributed by atoms with Crippen molar-refractivity contribution >= 4 is 5.91 Å². The van der Waals surface area contributed by atoms with Gasteiger partial charge in [-0.05, 0) is 29.7 Å². The third-order valence-corrected chi connectivity index (χ3v) is 3.42. The second kappa shape index (κ2) is 8.66. The molecule has 1 aromatic heterocycles. The molecule has 1 N–H and O–H groups in total. The second-order valence-corrected chi connectivity index (χ2v) is 5.85. The fourth-order valence-electron chi connectivity index (χ4n) is 2.20. The van der Waals surface area contributed by atoms with Gasteiger partial charge in [0, 0.05) is 31.0 Å². The Morgan fingerprint density at radius 1 is 1.32 bits per heavy atom. The van der Waals surface area contributed by atoms with Crippen LogP contribution in [-0.4, -0.2) is 35.0 Å². The lowest BCUT2D eigenvalue weighted by Crippen LogP contribution is -2.30. The number of ether oxygens (including phenoxy) is 1. The molecule has 25 heavy (non-hydrogen) atoms. The van der Waals surface area contributed by atoms with Crippen LogP contribution in [0.15, 0.2) is 42.7 Å². The van der Waals surface area contributed by atoms with Crippen molar-refractivity contribution in [3.05, 3.63) is 53.9 Å². The van der Waals surface area contributed by atoms with Crippen molar-refractivity contribution in [3.8, 4) is 0 Å². The van der Waals surface area contributed by atoms with Gasteiger partial charge >= 0.3 is 6.18 Å². The average molecular weight is 355 g/mol. The summed E-state index contributed by atoms with van der Waals surface area (Å²) in [5.41, 5.74) is 1.03. The fraction of sp³-hybridized carbons (Fsp3) is 0.412. The first-order valence-corrected chi connectivity index (χ1v) is 7.82. The van der Waals surface area contributed by atoms with Crippen LogP contribution in [0, 0.1) is 5.92 Å². The highest BCUT2D eigenvalue weighted by Crippen LogP contribution is 2.15. The Labute approximate surface area is 143 Å². The van der Waals surface area contributed by atoms with Gasteiger partial charge in [0.1, 0.15) is 6.61 Å². The maximum Gasteiger partial charge on any atom is 0.411 e. The molecule has 136 valence electrons.